The Morgan fingerprint density at radius 1 is 0.806 bits per heavy atom. The summed E-state index contributed by atoms with van der Waals surface area (Å²) < 4.78 is 27.6. The van der Waals surface area contributed by atoms with Gasteiger partial charge in [-0.05, 0) is 116 Å². The maximum Gasteiger partial charge on any atom is 0.181 e. The third-order valence-corrected chi connectivity index (χ3v) is 14.6. The van der Waals surface area contributed by atoms with Crippen LogP contribution in [-0.2, 0) is 9.84 Å². The molecule has 0 unspecified atom stereocenters. The van der Waals surface area contributed by atoms with Gasteiger partial charge < -0.3 is 0 Å². The summed E-state index contributed by atoms with van der Waals surface area (Å²) in [6, 6.07) is 9.33. The molecule has 0 amide bonds. The van der Waals surface area contributed by atoms with E-state index in [4.69, 9.17) is 0 Å². The van der Waals surface area contributed by atoms with Gasteiger partial charge in [-0.3, -0.25) is 0 Å². The van der Waals surface area contributed by atoms with Crippen molar-refractivity contribution in [1.29, 1.82) is 0 Å². The van der Waals surface area contributed by atoms with Crippen LogP contribution >= 0.6 is 0 Å². The topological polar surface area (TPSA) is 34.1 Å². The molecule has 0 heterocycles. The monoisotopic (exact) mass is 512 g/mol. The van der Waals surface area contributed by atoms with Gasteiger partial charge in [0.15, 0.2) is 9.84 Å². The average molecular weight is 513 g/mol. The minimum Gasteiger partial charge on any atom is -0.223 e. The second-order valence-corrected chi connectivity index (χ2v) is 16.6. The van der Waals surface area contributed by atoms with Crippen molar-refractivity contribution in [2.45, 2.75) is 122 Å². The number of fused-ring (bicyclic) bond motifs is 5. The van der Waals surface area contributed by atoms with Gasteiger partial charge in [-0.15, -0.1) is 0 Å². The molecule has 0 radical (unpaired) electrons. The molecule has 4 fully saturated rings. The molecule has 2 nitrogen and oxygen atoms in total. The van der Waals surface area contributed by atoms with E-state index in [0.717, 1.165) is 54.8 Å². The van der Waals surface area contributed by atoms with Crippen molar-refractivity contribution in [2.24, 2.45) is 52.3 Å². The predicted molar refractivity (Wildman–Crippen MR) is 150 cm³/mol. The molecule has 5 rings (SSSR count). The second-order valence-electron chi connectivity index (χ2n) is 14.4. The molecule has 1 aromatic rings. The fraction of sp³-hybridized carbons (Fsp3) is 0.818. The number of sulfone groups is 1. The Kier molecular flexibility index (Phi) is 7.47. The van der Waals surface area contributed by atoms with Crippen LogP contribution < -0.4 is 0 Å². The Labute approximate surface area is 222 Å². The zero-order valence-electron chi connectivity index (χ0n) is 23.7. The minimum absolute atomic E-state index is 0.190. The maximum atomic E-state index is 13.8. The van der Waals surface area contributed by atoms with E-state index in [0.29, 0.717) is 16.2 Å². The average Bonchev–Trinajstić information content (AvgIpc) is 3.21. The number of benzene rings is 1. The molecule has 9 atom stereocenters. The summed E-state index contributed by atoms with van der Waals surface area (Å²) >= 11 is 0. The van der Waals surface area contributed by atoms with Crippen molar-refractivity contribution in [1.82, 2.24) is 0 Å². The molecule has 4 aliphatic carbocycles. The van der Waals surface area contributed by atoms with Gasteiger partial charge in [-0.2, -0.15) is 0 Å². The molecule has 36 heavy (non-hydrogen) atoms. The molecule has 0 bridgehead atoms. The Balaban J connectivity index is 1.35. The molecular weight excluding hydrogens is 460 g/mol. The molecule has 1 aromatic carbocycles. The first kappa shape index (κ1) is 26.8. The smallest absolute Gasteiger partial charge is 0.181 e. The molecule has 0 aromatic heterocycles. The van der Waals surface area contributed by atoms with Gasteiger partial charge >= 0.3 is 0 Å². The number of hydrogen-bond acceptors (Lipinski definition) is 2. The van der Waals surface area contributed by atoms with Gasteiger partial charge in [0.2, 0.25) is 0 Å². The van der Waals surface area contributed by atoms with Crippen molar-refractivity contribution in [3.05, 3.63) is 30.3 Å². The molecule has 3 heteroatoms. The fourth-order valence-electron chi connectivity index (χ4n) is 10.5. The minimum atomic E-state index is -3.27. The Hall–Kier alpha value is -0.830. The maximum absolute atomic E-state index is 13.8. The Morgan fingerprint density at radius 2 is 1.50 bits per heavy atom. The number of rotatable bonds is 7. The van der Waals surface area contributed by atoms with Gasteiger partial charge in [0.25, 0.3) is 0 Å². The zero-order chi connectivity index (χ0) is 25.7. The third-order valence-electron chi connectivity index (χ3n) is 12.3. The van der Waals surface area contributed by atoms with Crippen LogP contribution in [0, 0.1) is 52.3 Å². The lowest BCUT2D eigenvalue weighted by Gasteiger charge is -2.62. The molecular formula is C33H52O2S. The fourth-order valence-corrected chi connectivity index (χ4v) is 12.8. The van der Waals surface area contributed by atoms with E-state index in [9.17, 15) is 8.42 Å². The van der Waals surface area contributed by atoms with Gasteiger partial charge in [-0.1, -0.05) is 78.5 Å². The third kappa shape index (κ3) is 4.42. The van der Waals surface area contributed by atoms with E-state index < -0.39 is 9.84 Å². The SMILES string of the molecule is CC(C)CCC[C@@H](C)[C@H]1CC[C@H]2[C@@H]3CC[C@@H]4[C@@H](S(=O)(=O)c5ccccc5)CCC[C@]4(C)[C@H]3CC[C@]12C. The first-order valence-corrected chi connectivity index (χ1v) is 16.9. The summed E-state index contributed by atoms with van der Waals surface area (Å²) in [6.07, 6.45) is 15.3. The highest BCUT2D eigenvalue weighted by atomic mass is 32.2. The van der Waals surface area contributed by atoms with Crippen LogP contribution in [0.25, 0.3) is 0 Å². The lowest BCUT2D eigenvalue weighted by molar-refractivity contribution is -0.113. The van der Waals surface area contributed by atoms with Crippen molar-refractivity contribution >= 4 is 9.84 Å². The van der Waals surface area contributed by atoms with E-state index in [1.165, 1.54) is 57.8 Å². The molecule has 0 spiro atoms. The summed E-state index contributed by atoms with van der Waals surface area (Å²) in [5.41, 5.74) is 0.696. The summed E-state index contributed by atoms with van der Waals surface area (Å²) in [6.45, 7) is 12.5. The molecule has 4 saturated carbocycles. The van der Waals surface area contributed by atoms with Crippen molar-refractivity contribution in [3.63, 3.8) is 0 Å². The first-order chi connectivity index (χ1) is 17.1. The summed E-state index contributed by atoms with van der Waals surface area (Å²) in [4.78, 5) is 0.544. The lowest BCUT2D eigenvalue weighted by Crippen LogP contribution is -2.56. The van der Waals surface area contributed by atoms with Crippen molar-refractivity contribution in [3.8, 4) is 0 Å². The zero-order valence-corrected chi connectivity index (χ0v) is 24.5. The molecule has 202 valence electrons. The normalized spacial score (nSPS) is 41.4. The molecule has 0 aliphatic heterocycles. The molecule has 4 aliphatic rings. The van der Waals surface area contributed by atoms with Crippen LogP contribution in [0.3, 0.4) is 0 Å². The van der Waals surface area contributed by atoms with E-state index in [1.54, 1.807) is 0 Å². The van der Waals surface area contributed by atoms with Gasteiger partial charge in [0.05, 0.1) is 10.1 Å². The number of hydrogen-bond donors (Lipinski definition) is 0. The highest BCUT2D eigenvalue weighted by molar-refractivity contribution is 7.92. The van der Waals surface area contributed by atoms with Crippen LogP contribution in [-0.4, -0.2) is 13.7 Å². The van der Waals surface area contributed by atoms with E-state index in [1.807, 2.05) is 30.3 Å². The second kappa shape index (κ2) is 10.0. The van der Waals surface area contributed by atoms with Gasteiger partial charge in [-0.25, -0.2) is 8.42 Å². The quantitative estimate of drug-likeness (QED) is 0.365. The van der Waals surface area contributed by atoms with E-state index in [-0.39, 0.29) is 10.7 Å². The largest absolute Gasteiger partial charge is 0.223 e. The van der Waals surface area contributed by atoms with Gasteiger partial charge in [0, 0.05) is 0 Å². The van der Waals surface area contributed by atoms with Crippen LogP contribution in [0.2, 0.25) is 0 Å². The first-order valence-electron chi connectivity index (χ1n) is 15.4. The summed E-state index contributed by atoms with van der Waals surface area (Å²) in [5, 5.41) is -0.190. The summed E-state index contributed by atoms with van der Waals surface area (Å²) in [5.74, 6) is 5.28. The lowest BCUT2D eigenvalue weighted by atomic mass is 9.44. The standard InChI is InChI=1S/C33H52O2S/c1-23(2)11-9-12-24(3)27-18-19-28-26-16-17-30-31(36(34,35)25-13-7-6-8-14-25)15-10-21-32(30,4)29(26)20-22-33(27,28)5/h6-8,13-14,23-24,26-31H,9-12,15-22H2,1-5H3/t24-,26+,27-,28+,29+,30-,31+,32-,33-/m1/s1. The Morgan fingerprint density at radius 3 is 2.22 bits per heavy atom. The van der Waals surface area contributed by atoms with Crippen LogP contribution in [0.1, 0.15) is 112 Å². The van der Waals surface area contributed by atoms with Crippen molar-refractivity contribution in [2.75, 3.05) is 0 Å². The van der Waals surface area contributed by atoms with E-state index >= 15 is 0 Å². The Bertz CT molecular complexity index is 1000. The predicted octanol–water partition coefficient (Wildman–Crippen LogP) is 8.95. The van der Waals surface area contributed by atoms with Crippen molar-refractivity contribution < 1.29 is 8.42 Å². The summed E-state index contributed by atoms with van der Waals surface area (Å²) in [7, 11) is -3.27. The van der Waals surface area contributed by atoms with E-state index in [2.05, 4.69) is 34.6 Å². The van der Waals surface area contributed by atoms with Gasteiger partial charge in [0.1, 0.15) is 0 Å². The highest BCUT2D eigenvalue weighted by Gasteiger charge is 2.62. The van der Waals surface area contributed by atoms with Crippen LogP contribution in [0.5, 0.6) is 0 Å². The van der Waals surface area contributed by atoms with Crippen LogP contribution in [0.4, 0.5) is 0 Å². The highest BCUT2D eigenvalue weighted by Crippen LogP contribution is 2.68. The van der Waals surface area contributed by atoms with Crippen LogP contribution in [0.15, 0.2) is 35.2 Å². The molecule has 0 N–H and O–H groups in total. The molecule has 0 saturated heterocycles.